The fourth-order valence-electron chi connectivity index (χ4n) is 2.57. The van der Waals surface area contributed by atoms with E-state index in [1.54, 1.807) is 12.1 Å². The van der Waals surface area contributed by atoms with Crippen LogP contribution in [0.4, 0.5) is 0 Å². The van der Waals surface area contributed by atoms with Crippen molar-refractivity contribution in [2.45, 2.75) is 18.9 Å². The Hall–Kier alpha value is -2.62. The summed E-state index contributed by atoms with van der Waals surface area (Å²) in [6, 6.07) is 17.2. The number of hydrogen-bond donors (Lipinski definition) is 1. The molecule has 112 valence electrons. The number of carbonyl (C=O) groups is 2. The van der Waals surface area contributed by atoms with Crippen LogP contribution in [0.3, 0.4) is 0 Å². The predicted octanol–water partition coefficient (Wildman–Crippen LogP) is 2.13. The Morgan fingerprint density at radius 3 is 2.64 bits per heavy atom. The van der Waals surface area contributed by atoms with E-state index in [4.69, 9.17) is 4.74 Å². The smallest absolute Gasteiger partial charge is 0.339 e. The number of nitrogens with one attached hydrogen (secondary N) is 1. The molecule has 4 nitrogen and oxygen atoms in total. The second-order valence-corrected chi connectivity index (χ2v) is 5.28. The van der Waals surface area contributed by atoms with Gasteiger partial charge in [-0.25, -0.2) is 4.79 Å². The second-order valence-electron chi connectivity index (χ2n) is 5.28. The summed E-state index contributed by atoms with van der Waals surface area (Å²) >= 11 is 0. The molecule has 4 heteroatoms. The van der Waals surface area contributed by atoms with E-state index in [9.17, 15) is 9.59 Å². The Bertz CT molecular complexity index is 682. The van der Waals surface area contributed by atoms with Gasteiger partial charge in [0, 0.05) is 13.0 Å². The van der Waals surface area contributed by atoms with Crippen LogP contribution in [0.1, 0.15) is 21.5 Å². The minimum atomic E-state index is -0.738. The molecule has 0 fully saturated rings. The number of ether oxygens (including phenoxy) is 1. The third-order valence-corrected chi connectivity index (χ3v) is 3.74. The number of benzene rings is 2. The fraction of sp³-hybridized carbons (Fsp3) is 0.222. The van der Waals surface area contributed by atoms with Gasteiger partial charge in [0.2, 0.25) is 0 Å². The lowest BCUT2D eigenvalue weighted by atomic mass is 9.98. The topological polar surface area (TPSA) is 55.4 Å². The third kappa shape index (κ3) is 3.17. The first-order chi connectivity index (χ1) is 10.7. The molecule has 3 rings (SSSR count). The summed E-state index contributed by atoms with van der Waals surface area (Å²) in [5.74, 6) is -0.663. The molecule has 2 aromatic rings. The van der Waals surface area contributed by atoms with Gasteiger partial charge in [-0.15, -0.1) is 0 Å². The van der Waals surface area contributed by atoms with Gasteiger partial charge in [0.05, 0.1) is 5.56 Å². The summed E-state index contributed by atoms with van der Waals surface area (Å²) in [5, 5.41) is 2.84. The normalized spacial score (nSPS) is 16.5. The molecule has 1 heterocycles. The van der Waals surface area contributed by atoms with E-state index in [-0.39, 0.29) is 5.91 Å². The second kappa shape index (κ2) is 6.43. The van der Waals surface area contributed by atoms with Crippen molar-refractivity contribution in [3.05, 3.63) is 71.3 Å². The largest absolute Gasteiger partial charge is 0.448 e. The zero-order valence-corrected chi connectivity index (χ0v) is 12.1. The zero-order valence-electron chi connectivity index (χ0n) is 12.1. The number of fused-ring (bicyclic) bond motifs is 1. The highest BCUT2D eigenvalue weighted by atomic mass is 16.5. The zero-order chi connectivity index (χ0) is 15.4. The van der Waals surface area contributed by atoms with Gasteiger partial charge in [-0.1, -0.05) is 48.5 Å². The van der Waals surface area contributed by atoms with Crippen molar-refractivity contribution in [3.63, 3.8) is 0 Å². The molecule has 0 aliphatic carbocycles. The van der Waals surface area contributed by atoms with E-state index < -0.39 is 12.1 Å². The molecule has 1 amide bonds. The van der Waals surface area contributed by atoms with Gasteiger partial charge in [0.25, 0.3) is 5.91 Å². The van der Waals surface area contributed by atoms with E-state index >= 15 is 0 Å². The molecule has 0 radical (unpaired) electrons. The van der Waals surface area contributed by atoms with Crippen molar-refractivity contribution in [2.75, 3.05) is 6.54 Å². The van der Waals surface area contributed by atoms with Crippen molar-refractivity contribution in [1.29, 1.82) is 0 Å². The summed E-state index contributed by atoms with van der Waals surface area (Å²) < 4.78 is 5.23. The van der Waals surface area contributed by atoms with Gasteiger partial charge in [-0.05, 0) is 23.6 Å². The van der Waals surface area contributed by atoms with Crippen LogP contribution in [0.5, 0.6) is 0 Å². The number of cyclic esters (lactones) is 1. The van der Waals surface area contributed by atoms with Crippen LogP contribution in [0.25, 0.3) is 0 Å². The van der Waals surface area contributed by atoms with Gasteiger partial charge in [0.15, 0.2) is 6.10 Å². The van der Waals surface area contributed by atoms with Crippen LogP contribution in [0.15, 0.2) is 54.6 Å². The lowest BCUT2D eigenvalue weighted by Crippen LogP contribution is -2.42. The average Bonchev–Trinajstić information content (AvgIpc) is 2.56. The van der Waals surface area contributed by atoms with E-state index in [1.807, 2.05) is 42.5 Å². The number of esters is 1. The first-order valence-corrected chi connectivity index (χ1v) is 7.34. The molecule has 1 aliphatic rings. The van der Waals surface area contributed by atoms with Gasteiger partial charge < -0.3 is 10.1 Å². The highest BCUT2D eigenvalue weighted by Crippen LogP contribution is 2.20. The van der Waals surface area contributed by atoms with Crippen LogP contribution in [-0.4, -0.2) is 24.5 Å². The molecule has 0 unspecified atom stereocenters. The van der Waals surface area contributed by atoms with E-state index in [0.29, 0.717) is 18.5 Å². The quantitative estimate of drug-likeness (QED) is 0.879. The number of carbonyl (C=O) groups excluding carboxylic acids is 2. The summed E-state index contributed by atoms with van der Waals surface area (Å²) in [5.41, 5.74) is 2.58. The van der Waals surface area contributed by atoms with Crippen molar-refractivity contribution in [2.24, 2.45) is 0 Å². The minimum absolute atomic E-state index is 0.237. The first-order valence-electron chi connectivity index (χ1n) is 7.34. The Kier molecular flexibility index (Phi) is 4.19. The third-order valence-electron chi connectivity index (χ3n) is 3.74. The molecule has 2 aromatic carbocycles. The highest BCUT2D eigenvalue weighted by Gasteiger charge is 2.30. The highest BCUT2D eigenvalue weighted by molar-refractivity contribution is 5.95. The number of hydrogen-bond acceptors (Lipinski definition) is 3. The molecular weight excluding hydrogens is 278 g/mol. The summed E-state index contributed by atoms with van der Waals surface area (Å²) in [6.07, 6.45) is 0.446. The number of amides is 1. The van der Waals surface area contributed by atoms with Crippen molar-refractivity contribution in [3.8, 4) is 0 Å². The van der Waals surface area contributed by atoms with Crippen LogP contribution < -0.4 is 5.32 Å². The minimum Gasteiger partial charge on any atom is -0.448 e. The van der Waals surface area contributed by atoms with E-state index in [2.05, 4.69) is 5.32 Å². The summed E-state index contributed by atoms with van der Waals surface area (Å²) in [7, 11) is 0. The van der Waals surface area contributed by atoms with Crippen LogP contribution in [0, 0.1) is 0 Å². The summed E-state index contributed by atoms with van der Waals surface area (Å²) in [4.78, 5) is 24.0. The molecule has 1 N–H and O–H groups in total. The molecule has 0 aromatic heterocycles. The van der Waals surface area contributed by atoms with Gasteiger partial charge >= 0.3 is 5.97 Å². The Morgan fingerprint density at radius 2 is 1.82 bits per heavy atom. The van der Waals surface area contributed by atoms with Crippen LogP contribution in [0.2, 0.25) is 0 Å². The van der Waals surface area contributed by atoms with E-state index in [0.717, 1.165) is 17.5 Å². The molecule has 1 atom stereocenters. The Labute approximate surface area is 129 Å². The molecule has 1 aliphatic heterocycles. The fourth-order valence-corrected chi connectivity index (χ4v) is 2.57. The lowest BCUT2D eigenvalue weighted by molar-refractivity contribution is -0.130. The van der Waals surface area contributed by atoms with Crippen molar-refractivity contribution in [1.82, 2.24) is 5.32 Å². The van der Waals surface area contributed by atoms with Gasteiger partial charge in [-0.3, -0.25) is 4.79 Å². The monoisotopic (exact) mass is 295 g/mol. The lowest BCUT2D eigenvalue weighted by Gasteiger charge is -2.23. The molecule has 0 bridgehead atoms. The van der Waals surface area contributed by atoms with Crippen LogP contribution >= 0.6 is 0 Å². The standard InChI is InChI=1S/C18H17NO3/c20-17(19-11-10-13-6-2-1-3-7-13)16-12-14-8-4-5-9-15(14)18(21)22-16/h1-9,16H,10-12H2,(H,19,20)/t16-/m1/s1. The maximum atomic E-state index is 12.2. The molecule has 0 saturated heterocycles. The Morgan fingerprint density at radius 1 is 1.09 bits per heavy atom. The van der Waals surface area contributed by atoms with E-state index in [1.165, 1.54) is 0 Å². The Balaban J connectivity index is 1.56. The van der Waals surface area contributed by atoms with Crippen molar-refractivity contribution >= 4 is 11.9 Å². The average molecular weight is 295 g/mol. The maximum Gasteiger partial charge on any atom is 0.339 e. The molecule has 22 heavy (non-hydrogen) atoms. The van der Waals surface area contributed by atoms with Gasteiger partial charge in [-0.2, -0.15) is 0 Å². The van der Waals surface area contributed by atoms with Crippen molar-refractivity contribution < 1.29 is 14.3 Å². The molecule has 0 saturated carbocycles. The molecule has 0 spiro atoms. The SMILES string of the molecule is O=C1O[C@@H](C(=O)NCCc2ccccc2)Cc2ccccc21. The predicted molar refractivity (Wildman–Crippen MR) is 82.5 cm³/mol. The summed E-state index contributed by atoms with van der Waals surface area (Å²) in [6.45, 7) is 0.526. The van der Waals surface area contributed by atoms with Crippen LogP contribution in [-0.2, 0) is 22.4 Å². The molecular formula is C18H17NO3. The van der Waals surface area contributed by atoms with Gasteiger partial charge in [0.1, 0.15) is 0 Å². The maximum absolute atomic E-state index is 12.2. The number of rotatable bonds is 4. The first kappa shape index (κ1) is 14.3.